The van der Waals surface area contributed by atoms with Gasteiger partial charge >= 0.3 is 0 Å². The van der Waals surface area contributed by atoms with Crippen LogP contribution in [0.25, 0.3) is 0 Å². The summed E-state index contributed by atoms with van der Waals surface area (Å²) in [6, 6.07) is 0. The molecule has 0 aromatic rings. The lowest BCUT2D eigenvalue weighted by atomic mass is 10.6. The molecule has 1 heterocycles. The Hall–Kier alpha value is 1.04. The molecule has 0 N–H and O–H groups in total. The van der Waals surface area contributed by atoms with Crippen LogP contribution in [0.2, 0.25) is 0 Å². The molecule has 28 heavy (non-hydrogen) atoms. The zero-order valence-electron chi connectivity index (χ0n) is 15.8. The van der Waals surface area contributed by atoms with Crippen LogP contribution in [0.15, 0.2) is 0 Å². The summed E-state index contributed by atoms with van der Waals surface area (Å²) in [5.41, 5.74) is 0. The van der Waals surface area contributed by atoms with Crippen LogP contribution in [0.3, 0.4) is 0 Å². The van der Waals surface area contributed by atoms with Crippen molar-refractivity contribution >= 4 is 94.1 Å². The lowest BCUT2D eigenvalue weighted by Gasteiger charge is -1.94. The summed E-state index contributed by atoms with van der Waals surface area (Å²) in [7, 11) is 0. The number of rotatable bonds is 0. The van der Waals surface area contributed by atoms with Crippen LogP contribution >= 0.6 is 94.1 Å². The summed E-state index contributed by atoms with van der Waals surface area (Å²) in [5.74, 6) is 8.74. The van der Waals surface area contributed by atoms with Crippen molar-refractivity contribution in [3.63, 3.8) is 0 Å². The monoisotopic (exact) mass is 520 g/mol. The quantitative estimate of drug-likeness (QED) is 0.306. The van der Waals surface area contributed by atoms with Gasteiger partial charge in [0.2, 0.25) is 0 Å². The zero-order chi connectivity index (χ0) is 19.8. The van der Waals surface area contributed by atoms with Crippen LogP contribution < -0.4 is 0 Å². The van der Waals surface area contributed by atoms with Gasteiger partial charge in [0.15, 0.2) is 0 Å². The molecule has 0 atom stereocenters. The molecular weight excluding hydrogens is 497 g/mol. The third kappa shape index (κ3) is 21.7. The van der Waals surface area contributed by atoms with Gasteiger partial charge in [-0.1, -0.05) is 94.1 Å². The van der Waals surface area contributed by atoms with Crippen molar-refractivity contribution < 1.29 is 0 Å². The van der Waals surface area contributed by atoms with Gasteiger partial charge in [-0.3, -0.25) is 0 Å². The summed E-state index contributed by atoms with van der Waals surface area (Å²) in [6.45, 7) is 0. The van der Waals surface area contributed by atoms with Gasteiger partial charge in [0.25, 0.3) is 0 Å². The highest BCUT2D eigenvalue weighted by molar-refractivity contribution is 8.08. The van der Waals surface area contributed by atoms with Crippen molar-refractivity contribution in [3.8, 4) is 42.0 Å². The molecule has 8 heteroatoms. The van der Waals surface area contributed by atoms with Gasteiger partial charge in [-0.05, 0) is 67.7 Å². The van der Waals surface area contributed by atoms with Crippen LogP contribution in [-0.4, -0.2) is 46.0 Å². The highest BCUT2D eigenvalue weighted by atomic mass is 32.2. The van der Waals surface area contributed by atoms with Gasteiger partial charge in [-0.25, -0.2) is 0 Å². The molecule has 0 spiro atoms. The molecule has 0 aliphatic carbocycles. The summed E-state index contributed by atoms with van der Waals surface area (Å²) in [6.07, 6.45) is 4.65. The molecule has 1 aliphatic heterocycles. The van der Waals surface area contributed by atoms with E-state index in [9.17, 15) is 0 Å². The van der Waals surface area contributed by atoms with Crippen LogP contribution in [0, 0.1) is 42.0 Å². The van der Waals surface area contributed by atoms with E-state index in [1.54, 1.807) is 94.1 Å². The third-order valence-electron chi connectivity index (χ3n) is 2.72. The SMILES string of the molecule is C1#CSCCCSC#CSCCCSC#CSCCCSC#CSCCCS1. The first-order valence-electron chi connectivity index (χ1n) is 8.94. The molecule has 0 nitrogen and oxygen atoms in total. The molecule has 0 aromatic carbocycles. The minimum atomic E-state index is 1.09. The average Bonchev–Trinajstić information content (AvgIpc) is 2.71. The Morgan fingerprint density at radius 3 is 0.536 bits per heavy atom. The van der Waals surface area contributed by atoms with Crippen molar-refractivity contribution in [1.29, 1.82) is 0 Å². The smallest absolute Gasteiger partial charge is 0.00651 e. The summed E-state index contributed by atoms with van der Waals surface area (Å²) in [5, 5.41) is 25.5. The average molecular weight is 521 g/mol. The van der Waals surface area contributed by atoms with Gasteiger partial charge < -0.3 is 0 Å². The maximum Gasteiger partial charge on any atom is 0.00651 e. The van der Waals surface area contributed by atoms with E-state index < -0.39 is 0 Å². The van der Waals surface area contributed by atoms with E-state index in [-0.39, 0.29) is 0 Å². The Morgan fingerprint density at radius 2 is 0.393 bits per heavy atom. The maximum atomic E-state index is 3.19. The molecule has 152 valence electrons. The Morgan fingerprint density at radius 1 is 0.250 bits per heavy atom. The standard InChI is InChI=1S/C20H24S8/c1-5-21-13-15-23-7-2-9-25-17-19-27-11-4-12-28-20-18-26-10-3-8-24-16-14-22-6-1/h1-12H2. The van der Waals surface area contributed by atoms with E-state index in [0.717, 1.165) is 71.7 Å². The van der Waals surface area contributed by atoms with E-state index >= 15 is 0 Å². The van der Waals surface area contributed by atoms with Gasteiger partial charge in [-0.15, -0.1) is 0 Å². The largest absolute Gasteiger partial charge is 0.0741 e. The minimum absolute atomic E-state index is 1.09. The van der Waals surface area contributed by atoms with Gasteiger partial charge in [-0.2, -0.15) is 0 Å². The molecule has 0 fully saturated rings. The van der Waals surface area contributed by atoms with Crippen LogP contribution in [0.5, 0.6) is 0 Å². The Bertz CT molecular complexity index is 466. The van der Waals surface area contributed by atoms with Gasteiger partial charge in [0.1, 0.15) is 0 Å². The Balaban J connectivity index is 2.21. The second kappa shape index (κ2) is 24.3. The fourth-order valence-corrected chi connectivity index (χ4v) is 7.20. The van der Waals surface area contributed by atoms with Crippen LogP contribution in [-0.2, 0) is 0 Å². The lowest BCUT2D eigenvalue weighted by molar-refractivity contribution is 1.13. The molecule has 0 radical (unpaired) electrons. The normalized spacial score (nSPS) is 19.4. The first kappa shape index (κ1) is 27.1. The molecular formula is C20H24S8. The van der Waals surface area contributed by atoms with Crippen molar-refractivity contribution in [3.05, 3.63) is 0 Å². The van der Waals surface area contributed by atoms with Crippen molar-refractivity contribution in [2.75, 3.05) is 46.0 Å². The fraction of sp³-hybridized carbons (Fsp3) is 0.600. The summed E-state index contributed by atoms with van der Waals surface area (Å²) >= 11 is 13.8. The molecule has 0 amide bonds. The second-order valence-electron chi connectivity index (χ2n) is 5.02. The number of hydrogen-bond acceptors (Lipinski definition) is 8. The van der Waals surface area contributed by atoms with Crippen molar-refractivity contribution in [1.82, 2.24) is 0 Å². The molecule has 1 aliphatic rings. The van der Waals surface area contributed by atoms with Crippen LogP contribution in [0.4, 0.5) is 0 Å². The van der Waals surface area contributed by atoms with E-state index in [1.165, 1.54) is 0 Å². The van der Waals surface area contributed by atoms with E-state index in [2.05, 4.69) is 42.0 Å². The second-order valence-corrected chi connectivity index (χ2v) is 12.2. The van der Waals surface area contributed by atoms with E-state index in [1.807, 2.05) is 0 Å². The zero-order valence-corrected chi connectivity index (χ0v) is 22.3. The molecule has 0 saturated heterocycles. The molecule has 1 rings (SSSR count). The number of hydrogen-bond donors (Lipinski definition) is 0. The van der Waals surface area contributed by atoms with Crippen molar-refractivity contribution in [2.24, 2.45) is 0 Å². The maximum absolute atomic E-state index is 3.19. The molecule has 0 aromatic heterocycles. The third-order valence-corrected chi connectivity index (χ3v) is 9.15. The predicted molar refractivity (Wildman–Crippen MR) is 149 cm³/mol. The molecule has 0 saturated carbocycles. The molecule has 0 unspecified atom stereocenters. The topological polar surface area (TPSA) is 0 Å². The first-order valence-corrected chi connectivity index (χ1v) is 16.8. The summed E-state index contributed by atoms with van der Waals surface area (Å²) < 4.78 is 0. The minimum Gasteiger partial charge on any atom is -0.0741 e. The lowest BCUT2D eigenvalue weighted by Crippen LogP contribution is -1.82. The highest BCUT2D eigenvalue weighted by Crippen LogP contribution is 2.12. The van der Waals surface area contributed by atoms with Gasteiger partial charge in [0, 0.05) is 46.0 Å². The Labute approximate surface area is 206 Å². The van der Waals surface area contributed by atoms with Crippen LogP contribution in [0.1, 0.15) is 25.7 Å². The van der Waals surface area contributed by atoms with E-state index in [0.29, 0.717) is 0 Å². The first-order chi connectivity index (χ1) is 14.0. The van der Waals surface area contributed by atoms with Gasteiger partial charge in [0.05, 0.1) is 0 Å². The summed E-state index contributed by atoms with van der Waals surface area (Å²) in [4.78, 5) is 0. The predicted octanol–water partition coefficient (Wildman–Crippen LogP) is 7.10. The molecule has 0 bridgehead atoms. The van der Waals surface area contributed by atoms with Crippen molar-refractivity contribution in [2.45, 2.75) is 25.7 Å². The fourth-order valence-electron chi connectivity index (χ4n) is 1.46. The number of thioether (sulfide) groups is 8. The Kier molecular flexibility index (Phi) is 23.5. The highest BCUT2D eigenvalue weighted by Gasteiger charge is 1.91. The van der Waals surface area contributed by atoms with E-state index in [4.69, 9.17) is 0 Å².